The van der Waals surface area contributed by atoms with Crippen LogP contribution in [0.15, 0.2) is 36.9 Å². The summed E-state index contributed by atoms with van der Waals surface area (Å²) < 4.78 is 0. The fourth-order valence-corrected chi connectivity index (χ4v) is 1.01. The molecule has 0 atom stereocenters. The fraction of sp³-hybridized carbons (Fsp3) is 0.0909. The molecule has 0 aliphatic rings. The molecule has 1 N–H and O–H groups in total. The topological polar surface area (TPSA) is 46.2 Å². The van der Waals surface area contributed by atoms with Gasteiger partial charge in [0, 0.05) is 12.1 Å². The molecule has 0 spiro atoms. The molecule has 3 nitrogen and oxygen atoms in total. The number of hydrogen-bond acceptors (Lipinski definition) is 2. The van der Waals surface area contributed by atoms with E-state index in [-0.39, 0.29) is 5.91 Å². The van der Waals surface area contributed by atoms with Crippen LogP contribution >= 0.6 is 0 Å². The average molecular weight is 189 g/mol. The molecule has 0 aromatic heterocycles. The van der Waals surface area contributed by atoms with Gasteiger partial charge in [0.25, 0.3) is 0 Å². The normalized spacial score (nSPS) is 9.14. The number of benzene rings is 1. The van der Waals surface area contributed by atoms with Crippen LogP contribution in [0.3, 0.4) is 0 Å². The second-order valence-electron chi connectivity index (χ2n) is 2.76. The summed E-state index contributed by atoms with van der Waals surface area (Å²) in [7, 11) is 0. The molecule has 3 heteroatoms. The number of hydrogen-bond donors (Lipinski definition) is 1. The van der Waals surface area contributed by atoms with E-state index in [0.717, 1.165) is 11.8 Å². The number of rotatable bonds is 4. The minimum Gasteiger partial charge on any atom is -0.323 e. The summed E-state index contributed by atoms with van der Waals surface area (Å²) in [6.45, 7) is 3.35. The van der Waals surface area contributed by atoms with E-state index in [9.17, 15) is 9.59 Å². The molecular weight excluding hydrogens is 178 g/mol. The van der Waals surface area contributed by atoms with Crippen LogP contribution in [0.25, 0.3) is 0 Å². The summed E-state index contributed by atoms with van der Waals surface area (Å²) in [4.78, 5) is 21.1. The zero-order valence-electron chi connectivity index (χ0n) is 7.69. The molecule has 0 radical (unpaired) electrons. The van der Waals surface area contributed by atoms with Gasteiger partial charge in [0.15, 0.2) is 0 Å². The zero-order chi connectivity index (χ0) is 10.4. The van der Waals surface area contributed by atoms with Crippen molar-refractivity contribution in [2.45, 2.75) is 6.42 Å². The van der Waals surface area contributed by atoms with E-state index in [2.05, 4.69) is 11.9 Å². The van der Waals surface area contributed by atoms with Crippen molar-refractivity contribution in [3.8, 4) is 0 Å². The predicted octanol–water partition coefficient (Wildman–Crippen LogP) is 1.55. The highest BCUT2D eigenvalue weighted by atomic mass is 16.1. The highest BCUT2D eigenvalue weighted by molar-refractivity contribution is 5.98. The Morgan fingerprint density at radius 3 is 2.50 bits per heavy atom. The van der Waals surface area contributed by atoms with Gasteiger partial charge in [0.1, 0.15) is 6.29 Å². The molecule has 0 heterocycles. The lowest BCUT2D eigenvalue weighted by Gasteiger charge is -2.02. The van der Waals surface area contributed by atoms with Crippen molar-refractivity contribution in [2.24, 2.45) is 0 Å². The third-order valence-corrected chi connectivity index (χ3v) is 1.73. The van der Waals surface area contributed by atoms with Crippen LogP contribution in [0.4, 0.5) is 5.69 Å². The second kappa shape index (κ2) is 4.97. The Kier molecular flexibility index (Phi) is 3.61. The van der Waals surface area contributed by atoms with Gasteiger partial charge in [-0.05, 0) is 23.8 Å². The van der Waals surface area contributed by atoms with Crippen LogP contribution < -0.4 is 5.32 Å². The molecule has 0 aliphatic carbocycles. The minimum atomic E-state index is -0.242. The van der Waals surface area contributed by atoms with Gasteiger partial charge >= 0.3 is 0 Å². The van der Waals surface area contributed by atoms with E-state index in [1.807, 2.05) is 0 Å². The molecule has 72 valence electrons. The molecule has 1 rings (SSSR count). The Bertz CT molecular complexity index is 341. The first-order valence-corrected chi connectivity index (χ1v) is 4.22. The summed E-state index contributed by atoms with van der Waals surface area (Å²) in [5, 5.41) is 2.62. The third-order valence-electron chi connectivity index (χ3n) is 1.73. The molecule has 0 saturated carbocycles. The summed E-state index contributed by atoms with van der Waals surface area (Å²) in [6.07, 6.45) is 2.45. The number of nitrogens with one attached hydrogen (secondary N) is 1. The van der Waals surface area contributed by atoms with Crippen molar-refractivity contribution in [1.29, 1.82) is 0 Å². The largest absolute Gasteiger partial charge is 0.323 e. The molecule has 0 saturated heterocycles. The standard InChI is InChI=1S/C11H11NO2/c1-2-11(14)12-10-5-3-9(4-6-10)7-8-13/h2-6,8H,1,7H2,(H,12,14). The lowest BCUT2D eigenvalue weighted by atomic mass is 10.1. The van der Waals surface area contributed by atoms with Crippen molar-refractivity contribution in [3.05, 3.63) is 42.5 Å². The van der Waals surface area contributed by atoms with E-state index in [1.54, 1.807) is 24.3 Å². The van der Waals surface area contributed by atoms with Gasteiger partial charge in [0.05, 0.1) is 0 Å². The van der Waals surface area contributed by atoms with Crippen molar-refractivity contribution >= 4 is 17.9 Å². The maximum Gasteiger partial charge on any atom is 0.247 e. The molecule has 0 unspecified atom stereocenters. The molecule has 0 bridgehead atoms. The van der Waals surface area contributed by atoms with Crippen molar-refractivity contribution < 1.29 is 9.59 Å². The number of amides is 1. The van der Waals surface area contributed by atoms with Gasteiger partial charge in [0.2, 0.25) is 5.91 Å². The molecule has 14 heavy (non-hydrogen) atoms. The lowest BCUT2D eigenvalue weighted by molar-refractivity contribution is -0.112. The molecular formula is C11H11NO2. The smallest absolute Gasteiger partial charge is 0.247 e. The van der Waals surface area contributed by atoms with E-state index >= 15 is 0 Å². The molecule has 0 fully saturated rings. The minimum absolute atomic E-state index is 0.242. The van der Waals surface area contributed by atoms with E-state index in [0.29, 0.717) is 12.1 Å². The lowest BCUT2D eigenvalue weighted by Crippen LogP contribution is -2.06. The highest BCUT2D eigenvalue weighted by Gasteiger charge is 1.96. The van der Waals surface area contributed by atoms with Gasteiger partial charge in [-0.15, -0.1) is 0 Å². The number of anilines is 1. The van der Waals surface area contributed by atoms with Gasteiger partial charge in [-0.2, -0.15) is 0 Å². The van der Waals surface area contributed by atoms with Crippen LogP contribution in [-0.4, -0.2) is 12.2 Å². The fourth-order valence-electron chi connectivity index (χ4n) is 1.01. The van der Waals surface area contributed by atoms with Crippen LogP contribution in [0.5, 0.6) is 0 Å². The first-order chi connectivity index (χ1) is 6.76. The zero-order valence-corrected chi connectivity index (χ0v) is 7.69. The maximum absolute atomic E-state index is 10.9. The van der Waals surface area contributed by atoms with Gasteiger partial charge in [-0.25, -0.2) is 0 Å². The number of aldehydes is 1. The Morgan fingerprint density at radius 1 is 1.36 bits per heavy atom. The summed E-state index contributed by atoms with van der Waals surface area (Å²) in [5.74, 6) is -0.242. The van der Waals surface area contributed by atoms with Crippen LogP contribution in [0.1, 0.15) is 5.56 Å². The van der Waals surface area contributed by atoms with Gasteiger partial charge in [-0.1, -0.05) is 18.7 Å². The average Bonchev–Trinajstić information content (AvgIpc) is 2.21. The van der Waals surface area contributed by atoms with E-state index in [4.69, 9.17) is 0 Å². The monoisotopic (exact) mass is 189 g/mol. The molecule has 1 aromatic carbocycles. The highest BCUT2D eigenvalue weighted by Crippen LogP contribution is 2.09. The van der Waals surface area contributed by atoms with Crippen molar-refractivity contribution in [2.75, 3.05) is 5.32 Å². The molecule has 0 aliphatic heterocycles. The summed E-state index contributed by atoms with van der Waals surface area (Å²) in [5.41, 5.74) is 1.63. The third kappa shape index (κ3) is 2.86. The Morgan fingerprint density at radius 2 is 2.00 bits per heavy atom. The Hall–Kier alpha value is -1.90. The first-order valence-electron chi connectivity index (χ1n) is 4.22. The molecule has 1 amide bonds. The Balaban J connectivity index is 2.68. The summed E-state index contributed by atoms with van der Waals surface area (Å²) in [6, 6.07) is 7.10. The van der Waals surface area contributed by atoms with Crippen molar-refractivity contribution in [1.82, 2.24) is 0 Å². The SMILES string of the molecule is C=CC(=O)Nc1ccc(CC=O)cc1. The number of carbonyl (C=O) groups is 2. The summed E-state index contributed by atoms with van der Waals surface area (Å²) >= 11 is 0. The van der Waals surface area contributed by atoms with Crippen LogP contribution in [0.2, 0.25) is 0 Å². The van der Waals surface area contributed by atoms with Crippen molar-refractivity contribution in [3.63, 3.8) is 0 Å². The molecule has 1 aromatic rings. The maximum atomic E-state index is 10.9. The second-order valence-corrected chi connectivity index (χ2v) is 2.76. The quantitative estimate of drug-likeness (QED) is 0.577. The van der Waals surface area contributed by atoms with E-state index < -0.39 is 0 Å². The first kappa shape index (κ1) is 10.2. The van der Waals surface area contributed by atoms with Gasteiger partial charge in [-0.3, -0.25) is 4.79 Å². The number of carbonyl (C=O) groups excluding carboxylic acids is 2. The Labute approximate surface area is 82.4 Å². The van der Waals surface area contributed by atoms with Crippen LogP contribution in [-0.2, 0) is 16.0 Å². The predicted molar refractivity (Wildman–Crippen MR) is 55.0 cm³/mol. The van der Waals surface area contributed by atoms with Gasteiger partial charge < -0.3 is 10.1 Å². The van der Waals surface area contributed by atoms with E-state index in [1.165, 1.54) is 6.08 Å². The van der Waals surface area contributed by atoms with Crippen LogP contribution in [0, 0.1) is 0 Å².